The van der Waals surface area contributed by atoms with Crippen LogP contribution in [0.25, 0.3) is 0 Å². The molecule has 18 heavy (non-hydrogen) atoms. The number of anilines is 1. The average molecular weight is 247 g/mol. The highest BCUT2D eigenvalue weighted by Crippen LogP contribution is 2.28. The summed E-state index contributed by atoms with van der Waals surface area (Å²) in [5.74, 6) is 0.627. The van der Waals surface area contributed by atoms with Crippen molar-refractivity contribution in [2.24, 2.45) is 0 Å². The number of benzene rings is 1. The summed E-state index contributed by atoms with van der Waals surface area (Å²) in [7, 11) is 0. The maximum Gasteiger partial charge on any atom is 0.292 e. The van der Waals surface area contributed by atoms with Crippen LogP contribution in [0.4, 0.5) is 11.4 Å². The third-order valence-electron chi connectivity index (χ3n) is 2.75. The quantitative estimate of drug-likeness (QED) is 0.663. The second-order valence-electron chi connectivity index (χ2n) is 4.03. The molecule has 0 aliphatic carbocycles. The highest BCUT2D eigenvalue weighted by molar-refractivity contribution is 5.64. The summed E-state index contributed by atoms with van der Waals surface area (Å²) in [5.41, 5.74) is 2.45. The first-order valence-electron chi connectivity index (χ1n) is 5.45. The van der Waals surface area contributed by atoms with Gasteiger partial charge in [0.1, 0.15) is 11.4 Å². The number of aromatic nitrogens is 1. The third-order valence-corrected chi connectivity index (χ3v) is 2.75. The van der Waals surface area contributed by atoms with E-state index in [4.69, 9.17) is 4.42 Å². The standard InChI is InChI=1S/C12H13N3O3/c1-8-3-11(12(15(16)17)4-9(8)2)14-6-10-5-13-7-18-10/h3-5,7,14H,6H2,1-2H3. The van der Waals surface area contributed by atoms with Gasteiger partial charge in [0.15, 0.2) is 6.39 Å². The normalized spacial score (nSPS) is 10.3. The lowest BCUT2D eigenvalue weighted by molar-refractivity contribution is -0.384. The van der Waals surface area contributed by atoms with Gasteiger partial charge in [0, 0.05) is 6.07 Å². The van der Waals surface area contributed by atoms with Crippen LogP contribution in [-0.4, -0.2) is 9.91 Å². The lowest BCUT2D eigenvalue weighted by Crippen LogP contribution is -2.03. The van der Waals surface area contributed by atoms with Crippen molar-refractivity contribution < 1.29 is 9.34 Å². The van der Waals surface area contributed by atoms with E-state index < -0.39 is 4.92 Å². The summed E-state index contributed by atoms with van der Waals surface area (Å²) in [4.78, 5) is 14.4. The van der Waals surface area contributed by atoms with Gasteiger partial charge in [-0.05, 0) is 31.0 Å². The van der Waals surface area contributed by atoms with E-state index in [-0.39, 0.29) is 5.69 Å². The fourth-order valence-electron chi connectivity index (χ4n) is 1.61. The topological polar surface area (TPSA) is 81.2 Å². The van der Waals surface area contributed by atoms with E-state index in [9.17, 15) is 10.1 Å². The van der Waals surface area contributed by atoms with Crippen LogP contribution in [0.1, 0.15) is 16.9 Å². The Labute approximate surface area is 104 Å². The molecule has 0 atom stereocenters. The SMILES string of the molecule is Cc1cc(NCc2cnco2)c([N+](=O)[O-])cc1C. The second kappa shape index (κ2) is 4.87. The molecule has 0 bridgehead atoms. The van der Waals surface area contributed by atoms with Gasteiger partial charge in [-0.2, -0.15) is 0 Å². The lowest BCUT2D eigenvalue weighted by Gasteiger charge is -2.08. The van der Waals surface area contributed by atoms with Gasteiger partial charge in [-0.1, -0.05) is 0 Å². The Morgan fingerprint density at radius 1 is 1.39 bits per heavy atom. The van der Waals surface area contributed by atoms with E-state index in [1.54, 1.807) is 18.3 Å². The number of nitro benzene ring substituents is 1. The first-order valence-corrected chi connectivity index (χ1v) is 5.45. The number of rotatable bonds is 4. The van der Waals surface area contributed by atoms with Crippen molar-refractivity contribution in [3.8, 4) is 0 Å². The average Bonchev–Trinajstić information content (AvgIpc) is 2.83. The number of hydrogen-bond acceptors (Lipinski definition) is 5. The first kappa shape index (κ1) is 12.1. The molecule has 0 unspecified atom stereocenters. The number of nitrogens with zero attached hydrogens (tertiary/aromatic N) is 2. The predicted molar refractivity (Wildman–Crippen MR) is 66.4 cm³/mol. The number of nitro groups is 1. The molecule has 0 aliphatic heterocycles. The van der Waals surface area contributed by atoms with Crippen molar-refractivity contribution >= 4 is 11.4 Å². The zero-order chi connectivity index (χ0) is 13.1. The molecule has 0 radical (unpaired) electrons. The fraction of sp³-hybridized carbons (Fsp3) is 0.250. The molecule has 6 heteroatoms. The van der Waals surface area contributed by atoms with Gasteiger partial charge in [-0.15, -0.1) is 0 Å². The van der Waals surface area contributed by atoms with Crippen LogP contribution in [0.5, 0.6) is 0 Å². The molecule has 6 nitrogen and oxygen atoms in total. The second-order valence-corrected chi connectivity index (χ2v) is 4.03. The summed E-state index contributed by atoms with van der Waals surface area (Å²) in [6, 6.07) is 3.34. The van der Waals surface area contributed by atoms with Crippen molar-refractivity contribution in [3.05, 3.63) is 51.7 Å². The Morgan fingerprint density at radius 3 is 2.72 bits per heavy atom. The maximum absolute atomic E-state index is 11.0. The Morgan fingerprint density at radius 2 is 2.11 bits per heavy atom. The first-order chi connectivity index (χ1) is 8.58. The molecule has 0 spiro atoms. The third kappa shape index (κ3) is 2.48. The fourth-order valence-corrected chi connectivity index (χ4v) is 1.61. The summed E-state index contributed by atoms with van der Waals surface area (Å²) in [5, 5.41) is 14.0. The van der Waals surface area contributed by atoms with E-state index in [0.29, 0.717) is 18.0 Å². The van der Waals surface area contributed by atoms with Crippen LogP contribution in [0, 0.1) is 24.0 Å². The van der Waals surface area contributed by atoms with Crippen molar-refractivity contribution in [2.75, 3.05) is 5.32 Å². The van der Waals surface area contributed by atoms with Crippen molar-refractivity contribution in [2.45, 2.75) is 20.4 Å². The summed E-state index contributed by atoms with van der Waals surface area (Å²) in [6.45, 7) is 4.13. The van der Waals surface area contributed by atoms with Gasteiger partial charge in [0.05, 0.1) is 17.7 Å². The highest BCUT2D eigenvalue weighted by atomic mass is 16.6. The van der Waals surface area contributed by atoms with Crippen molar-refractivity contribution in [1.29, 1.82) is 0 Å². The van der Waals surface area contributed by atoms with Crippen LogP contribution in [0.15, 0.2) is 29.1 Å². The largest absolute Gasteiger partial charge is 0.447 e. The van der Waals surface area contributed by atoms with E-state index in [1.807, 2.05) is 13.8 Å². The molecule has 94 valence electrons. The zero-order valence-electron chi connectivity index (χ0n) is 10.1. The Hall–Kier alpha value is -2.37. The minimum absolute atomic E-state index is 0.0672. The molecule has 0 saturated heterocycles. The van der Waals surface area contributed by atoms with Crippen LogP contribution in [0.3, 0.4) is 0 Å². The summed E-state index contributed by atoms with van der Waals surface area (Å²) >= 11 is 0. The van der Waals surface area contributed by atoms with Gasteiger partial charge in [0.25, 0.3) is 5.69 Å². The Kier molecular flexibility index (Phi) is 3.27. The van der Waals surface area contributed by atoms with Gasteiger partial charge in [0.2, 0.25) is 0 Å². The number of nitrogens with one attached hydrogen (secondary N) is 1. The van der Waals surface area contributed by atoms with Gasteiger partial charge in [-0.25, -0.2) is 4.98 Å². The Balaban J connectivity index is 2.25. The van der Waals surface area contributed by atoms with E-state index in [1.165, 1.54) is 6.39 Å². The van der Waals surface area contributed by atoms with E-state index >= 15 is 0 Å². The van der Waals surface area contributed by atoms with Gasteiger partial charge < -0.3 is 9.73 Å². The van der Waals surface area contributed by atoms with Gasteiger partial charge in [-0.3, -0.25) is 10.1 Å². The van der Waals surface area contributed by atoms with Crippen LogP contribution >= 0.6 is 0 Å². The number of oxazole rings is 1. The molecule has 1 N–H and O–H groups in total. The predicted octanol–water partition coefficient (Wildman–Crippen LogP) is 2.81. The van der Waals surface area contributed by atoms with Crippen LogP contribution in [-0.2, 0) is 6.54 Å². The van der Waals surface area contributed by atoms with Crippen molar-refractivity contribution in [1.82, 2.24) is 4.98 Å². The molecule has 0 amide bonds. The van der Waals surface area contributed by atoms with Crippen LogP contribution in [0.2, 0.25) is 0 Å². The highest BCUT2D eigenvalue weighted by Gasteiger charge is 2.15. The molecule has 1 aromatic heterocycles. The monoisotopic (exact) mass is 247 g/mol. The molecule has 0 saturated carbocycles. The summed E-state index contributed by atoms with van der Waals surface area (Å²) < 4.78 is 5.07. The van der Waals surface area contributed by atoms with Crippen LogP contribution < -0.4 is 5.32 Å². The van der Waals surface area contributed by atoms with E-state index in [0.717, 1.165) is 11.1 Å². The minimum Gasteiger partial charge on any atom is -0.447 e. The Bertz CT molecular complexity index is 564. The molecule has 1 heterocycles. The molecule has 0 aliphatic rings. The maximum atomic E-state index is 11.0. The summed E-state index contributed by atoms with van der Waals surface area (Å²) in [6.07, 6.45) is 2.89. The molecule has 0 fully saturated rings. The smallest absolute Gasteiger partial charge is 0.292 e. The molecule has 2 aromatic rings. The molecule has 1 aromatic carbocycles. The number of hydrogen-bond donors (Lipinski definition) is 1. The molecular weight excluding hydrogens is 234 g/mol. The number of aryl methyl sites for hydroxylation is 2. The van der Waals surface area contributed by atoms with E-state index in [2.05, 4.69) is 10.3 Å². The molecule has 2 rings (SSSR count). The van der Waals surface area contributed by atoms with Gasteiger partial charge >= 0.3 is 0 Å². The lowest BCUT2D eigenvalue weighted by atomic mass is 10.1. The van der Waals surface area contributed by atoms with Crippen molar-refractivity contribution in [3.63, 3.8) is 0 Å². The minimum atomic E-state index is -0.394. The molecular formula is C12H13N3O3. The zero-order valence-corrected chi connectivity index (χ0v) is 10.1.